The Kier molecular flexibility index (Phi) is 4.55. The van der Waals surface area contributed by atoms with Gasteiger partial charge in [-0.3, -0.25) is 0 Å². The molecule has 1 atom stereocenters. The zero-order chi connectivity index (χ0) is 14.5. The Morgan fingerprint density at radius 3 is 2.62 bits per heavy atom. The maximum absolute atomic E-state index is 12.0. The molecule has 4 heteroatoms. The summed E-state index contributed by atoms with van der Waals surface area (Å²) in [6.07, 6.45) is 4.92. The molecule has 0 radical (unpaired) electrons. The maximum atomic E-state index is 12.0. The van der Waals surface area contributed by atoms with E-state index in [1.165, 1.54) is 5.70 Å². The minimum Gasteiger partial charge on any atom is -0.458 e. The largest absolute Gasteiger partial charge is 0.458 e. The number of esters is 1. The van der Waals surface area contributed by atoms with Gasteiger partial charge in [-0.2, -0.15) is 0 Å². The molecule has 0 spiro atoms. The first-order valence-electron chi connectivity index (χ1n) is 7.61. The van der Waals surface area contributed by atoms with Gasteiger partial charge in [-0.25, -0.2) is 4.79 Å². The van der Waals surface area contributed by atoms with Crippen LogP contribution in [0, 0.1) is 0 Å². The predicted molar refractivity (Wildman–Crippen MR) is 80.0 cm³/mol. The number of carbonyl (C=O) groups is 1. The lowest BCUT2D eigenvalue weighted by molar-refractivity contribution is 0.0241. The zero-order valence-electron chi connectivity index (χ0n) is 12.2. The molecule has 1 aliphatic heterocycles. The van der Waals surface area contributed by atoms with Crippen LogP contribution < -0.4 is 0 Å². The Hall–Kier alpha value is -1.81. The molecule has 1 saturated heterocycles. The smallest absolute Gasteiger partial charge is 0.338 e. The fourth-order valence-electron chi connectivity index (χ4n) is 2.83. The number of hydrogen-bond acceptors (Lipinski definition) is 4. The molecule has 21 heavy (non-hydrogen) atoms. The number of carbonyl (C=O) groups excluding carboxylic acids is 1. The highest BCUT2D eigenvalue weighted by molar-refractivity contribution is 5.89. The summed E-state index contributed by atoms with van der Waals surface area (Å²) in [6.45, 7) is 3.56. The Bertz CT molecular complexity index is 506. The second kappa shape index (κ2) is 6.76. The summed E-state index contributed by atoms with van der Waals surface area (Å²) in [4.78, 5) is 14.4. The second-order valence-corrected chi connectivity index (χ2v) is 5.46. The fourth-order valence-corrected chi connectivity index (χ4v) is 2.83. The van der Waals surface area contributed by atoms with Crippen molar-refractivity contribution >= 4 is 5.97 Å². The Labute approximate surface area is 125 Å². The number of morpholine rings is 1. The number of allylic oxidation sites excluding steroid dienone is 1. The first kappa shape index (κ1) is 14.1. The van der Waals surface area contributed by atoms with Crippen LogP contribution in [-0.2, 0) is 9.47 Å². The van der Waals surface area contributed by atoms with Gasteiger partial charge in [0.05, 0.1) is 18.8 Å². The second-order valence-electron chi connectivity index (χ2n) is 5.46. The van der Waals surface area contributed by atoms with E-state index in [9.17, 15) is 4.79 Å². The molecule has 1 aromatic rings. The first-order valence-corrected chi connectivity index (χ1v) is 7.61. The molecule has 0 N–H and O–H groups in total. The number of benzene rings is 1. The zero-order valence-corrected chi connectivity index (χ0v) is 12.2. The average molecular weight is 287 g/mol. The van der Waals surface area contributed by atoms with E-state index in [-0.39, 0.29) is 12.1 Å². The van der Waals surface area contributed by atoms with Crippen LogP contribution in [0.15, 0.2) is 42.1 Å². The molecule has 2 aliphatic rings. The van der Waals surface area contributed by atoms with Gasteiger partial charge in [0.15, 0.2) is 0 Å². The Balaban J connectivity index is 1.53. The molecule has 4 nitrogen and oxygen atoms in total. The molecular weight excluding hydrogens is 266 g/mol. The van der Waals surface area contributed by atoms with Gasteiger partial charge in [0.1, 0.15) is 6.10 Å². The lowest BCUT2D eigenvalue weighted by Crippen LogP contribution is -2.37. The van der Waals surface area contributed by atoms with Crippen LogP contribution in [0.1, 0.15) is 29.6 Å². The maximum Gasteiger partial charge on any atom is 0.338 e. The number of rotatable bonds is 3. The van der Waals surface area contributed by atoms with Crippen molar-refractivity contribution in [3.8, 4) is 0 Å². The standard InChI is InChI=1S/C17H21NO3/c19-17(14-4-2-1-3-5-14)21-16-8-6-15(7-9-16)18-10-12-20-13-11-18/h1-6,16H,7-13H2. The van der Waals surface area contributed by atoms with Crippen molar-refractivity contribution in [2.45, 2.75) is 25.4 Å². The predicted octanol–water partition coefficient (Wildman–Crippen LogP) is 2.61. The molecule has 0 amide bonds. The molecule has 1 fully saturated rings. The van der Waals surface area contributed by atoms with E-state index in [1.807, 2.05) is 18.2 Å². The van der Waals surface area contributed by atoms with Gasteiger partial charge in [0.2, 0.25) is 0 Å². The van der Waals surface area contributed by atoms with E-state index in [0.29, 0.717) is 5.56 Å². The van der Waals surface area contributed by atoms with Crippen LogP contribution in [0.5, 0.6) is 0 Å². The van der Waals surface area contributed by atoms with Crippen molar-refractivity contribution < 1.29 is 14.3 Å². The van der Waals surface area contributed by atoms with E-state index in [2.05, 4.69) is 11.0 Å². The lowest BCUT2D eigenvalue weighted by atomic mass is 10.0. The molecule has 0 saturated carbocycles. The number of hydrogen-bond donors (Lipinski definition) is 0. The van der Waals surface area contributed by atoms with Gasteiger partial charge in [-0.05, 0) is 25.0 Å². The highest BCUT2D eigenvalue weighted by atomic mass is 16.5. The minimum atomic E-state index is -0.219. The van der Waals surface area contributed by atoms with Gasteiger partial charge >= 0.3 is 5.97 Å². The third-order valence-electron chi connectivity index (χ3n) is 4.04. The third-order valence-corrected chi connectivity index (χ3v) is 4.04. The van der Waals surface area contributed by atoms with Crippen LogP contribution >= 0.6 is 0 Å². The Morgan fingerprint density at radius 1 is 1.19 bits per heavy atom. The minimum absolute atomic E-state index is 0.00231. The summed E-state index contributed by atoms with van der Waals surface area (Å²) in [6, 6.07) is 9.19. The van der Waals surface area contributed by atoms with Gasteiger partial charge in [-0.15, -0.1) is 0 Å². The highest BCUT2D eigenvalue weighted by Crippen LogP contribution is 2.24. The van der Waals surface area contributed by atoms with Crippen molar-refractivity contribution in [2.24, 2.45) is 0 Å². The van der Waals surface area contributed by atoms with Crippen LogP contribution in [0.3, 0.4) is 0 Å². The van der Waals surface area contributed by atoms with E-state index in [1.54, 1.807) is 12.1 Å². The molecule has 1 aliphatic carbocycles. The van der Waals surface area contributed by atoms with Crippen LogP contribution in [-0.4, -0.2) is 43.3 Å². The van der Waals surface area contributed by atoms with Crippen LogP contribution in [0.4, 0.5) is 0 Å². The topological polar surface area (TPSA) is 38.8 Å². The van der Waals surface area contributed by atoms with Gasteiger partial charge < -0.3 is 14.4 Å². The first-order chi connectivity index (χ1) is 10.3. The summed E-state index contributed by atoms with van der Waals surface area (Å²) in [5.74, 6) is -0.219. The monoisotopic (exact) mass is 287 g/mol. The van der Waals surface area contributed by atoms with Gasteiger partial charge in [0, 0.05) is 25.2 Å². The molecular formula is C17H21NO3. The van der Waals surface area contributed by atoms with Crippen molar-refractivity contribution in [1.82, 2.24) is 4.90 Å². The summed E-state index contributed by atoms with van der Waals surface area (Å²) in [5, 5.41) is 0. The molecule has 1 unspecified atom stereocenters. The van der Waals surface area contributed by atoms with Gasteiger partial charge in [-0.1, -0.05) is 24.3 Å². The molecule has 1 heterocycles. The van der Waals surface area contributed by atoms with Gasteiger partial charge in [0.25, 0.3) is 0 Å². The van der Waals surface area contributed by atoms with E-state index in [4.69, 9.17) is 9.47 Å². The quantitative estimate of drug-likeness (QED) is 0.801. The summed E-state index contributed by atoms with van der Waals surface area (Å²) in [5.41, 5.74) is 2.01. The molecule has 3 rings (SSSR count). The van der Waals surface area contributed by atoms with E-state index >= 15 is 0 Å². The molecule has 0 bridgehead atoms. The SMILES string of the molecule is O=C(OC1CC=C(N2CCOCC2)CC1)c1ccccc1. The van der Waals surface area contributed by atoms with Crippen LogP contribution in [0.2, 0.25) is 0 Å². The summed E-state index contributed by atoms with van der Waals surface area (Å²) in [7, 11) is 0. The van der Waals surface area contributed by atoms with Crippen molar-refractivity contribution in [1.29, 1.82) is 0 Å². The fraction of sp³-hybridized carbons (Fsp3) is 0.471. The average Bonchev–Trinajstić information content (AvgIpc) is 2.57. The van der Waals surface area contributed by atoms with E-state index in [0.717, 1.165) is 45.6 Å². The van der Waals surface area contributed by atoms with Crippen molar-refractivity contribution in [2.75, 3.05) is 26.3 Å². The normalized spacial score (nSPS) is 22.6. The van der Waals surface area contributed by atoms with Crippen molar-refractivity contribution in [3.05, 3.63) is 47.7 Å². The van der Waals surface area contributed by atoms with Crippen molar-refractivity contribution in [3.63, 3.8) is 0 Å². The molecule has 112 valence electrons. The molecule has 0 aromatic heterocycles. The highest BCUT2D eigenvalue weighted by Gasteiger charge is 2.22. The molecule has 1 aromatic carbocycles. The number of ether oxygens (including phenoxy) is 2. The third kappa shape index (κ3) is 3.64. The lowest BCUT2D eigenvalue weighted by Gasteiger charge is -2.34. The Morgan fingerprint density at radius 2 is 1.95 bits per heavy atom. The summed E-state index contributed by atoms with van der Waals surface area (Å²) < 4.78 is 11.0. The summed E-state index contributed by atoms with van der Waals surface area (Å²) >= 11 is 0. The number of nitrogens with zero attached hydrogens (tertiary/aromatic N) is 1. The van der Waals surface area contributed by atoms with E-state index < -0.39 is 0 Å². The van der Waals surface area contributed by atoms with Crippen LogP contribution in [0.25, 0.3) is 0 Å².